The number of carbonyl (C=O) groups excluding carboxylic acids is 1. The van der Waals surface area contributed by atoms with Crippen molar-refractivity contribution >= 4 is 25.8 Å². The van der Waals surface area contributed by atoms with Crippen LogP contribution in [0.15, 0.2) is 21.6 Å². The molecule has 1 amide bonds. The Hall–Kier alpha value is -1.43. The van der Waals surface area contributed by atoms with Gasteiger partial charge in [0.15, 0.2) is 15.6 Å². The van der Waals surface area contributed by atoms with Gasteiger partial charge in [0.05, 0.1) is 18.1 Å². The van der Waals surface area contributed by atoms with E-state index in [-0.39, 0.29) is 35.5 Å². The summed E-state index contributed by atoms with van der Waals surface area (Å²) in [5, 5.41) is -0.376. The van der Waals surface area contributed by atoms with E-state index in [9.17, 15) is 21.6 Å². The Kier molecular flexibility index (Phi) is 5.68. The summed E-state index contributed by atoms with van der Waals surface area (Å²) in [6.45, 7) is 0.412. The van der Waals surface area contributed by atoms with Gasteiger partial charge >= 0.3 is 0 Å². The first-order chi connectivity index (χ1) is 11.2. The zero-order valence-corrected chi connectivity index (χ0v) is 15.0. The Balaban J connectivity index is 2.25. The number of hydrogen-bond acceptors (Lipinski definition) is 7. The molecule has 1 unspecified atom stereocenters. The quantitative estimate of drug-likeness (QED) is 0.674. The number of ether oxygens (including phenoxy) is 1. The largest absolute Gasteiger partial charge is 0.438 e. The predicted molar refractivity (Wildman–Crippen MR) is 84.9 cm³/mol. The SMILES string of the molecule is CNS(=O)(=O)c1ccc(C(=O)N(CCOC)C2CCS(=O)(=O)C2)o1. The Labute approximate surface area is 140 Å². The molecule has 0 saturated carbocycles. The van der Waals surface area contributed by atoms with Gasteiger partial charge in [0.1, 0.15) is 0 Å². The molecule has 1 aliphatic heterocycles. The summed E-state index contributed by atoms with van der Waals surface area (Å²) in [5.74, 6) is -0.826. The summed E-state index contributed by atoms with van der Waals surface area (Å²) in [6, 6.07) is 1.96. The van der Waals surface area contributed by atoms with E-state index >= 15 is 0 Å². The smallest absolute Gasteiger partial charge is 0.289 e. The van der Waals surface area contributed by atoms with Crippen LogP contribution in [-0.2, 0) is 24.6 Å². The van der Waals surface area contributed by atoms with E-state index in [0.717, 1.165) is 0 Å². The Morgan fingerprint density at radius 2 is 2.17 bits per heavy atom. The second-order valence-corrected chi connectivity index (χ2v) is 9.42. The lowest BCUT2D eigenvalue weighted by atomic mass is 10.2. The number of nitrogens with zero attached hydrogens (tertiary/aromatic N) is 1. The number of hydrogen-bond donors (Lipinski definition) is 1. The lowest BCUT2D eigenvalue weighted by Gasteiger charge is -2.27. The van der Waals surface area contributed by atoms with Gasteiger partial charge < -0.3 is 14.1 Å². The molecule has 1 fully saturated rings. The number of nitrogens with one attached hydrogen (secondary N) is 1. The van der Waals surface area contributed by atoms with Crippen LogP contribution in [0.2, 0.25) is 0 Å². The highest BCUT2D eigenvalue weighted by atomic mass is 32.2. The van der Waals surface area contributed by atoms with Crippen molar-refractivity contribution in [3.63, 3.8) is 0 Å². The molecule has 24 heavy (non-hydrogen) atoms. The van der Waals surface area contributed by atoms with Gasteiger partial charge in [-0.2, -0.15) is 0 Å². The lowest BCUT2D eigenvalue weighted by molar-refractivity contribution is 0.0588. The molecule has 136 valence electrons. The number of methoxy groups -OCH3 is 1. The van der Waals surface area contributed by atoms with Crippen molar-refractivity contribution in [3.8, 4) is 0 Å². The first-order valence-electron chi connectivity index (χ1n) is 7.24. The van der Waals surface area contributed by atoms with Gasteiger partial charge in [-0.25, -0.2) is 21.6 Å². The highest BCUT2D eigenvalue weighted by Gasteiger charge is 2.36. The minimum Gasteiger partial charge on any atom is -0.438 e. The van der Waals surface area contributed by atoms with Gasteiger partial charge in [0.2, 0.25) is 5.09 Å². The van der Waals surface area contributed by atoms with Gasteiger partial charge in [-0.05, 0) is 25.6 Å². The molecule has 11 heteroatoms. The Morgan fingerprint density at radius 1 is 1.46 bits per heavy atom. The molecule has 1 aromatic heterocycles. The van der Waals surface area contributed by atoms with Gasteiger partial charge in [-0.3, -0.25) is 4.79 Å². The molecule has 1 aromatic rings. The first kappa shape index (κ1) is 18.9. The van der Waals surface area contributed by atoms with Crippen LogP contribution in [0.5, 0.6) is 0 Å². The number of sulfonamides is 1. The molecule has 1 saturated heterocycles. The van der Waals surface area contributed by atoms with Crippen molar-refractivity contribution in [2.45, 2.75) is 17.6 Å². The van der Waals surface area contributed by atoms with E-state index in [4.69, 9.17) is 9.15 Å². The van der Waals surface area contributed by atoms with E-state index in [1.807, 2.05) is 0 Å². The molecule has 0 bridgehead atoms. The summed E-state index contributed by atoms with van der Waals surface area (Å²) in [4.78, 5) is 14.0. The molecule has 1 atom stereocenters. The maximum absolute atomic E-state index is 12.6. The Bertz CT molecular complexity index is 798. The lowest BCUT2D eigenvalue weighted by Crippen LogP contribution is -2.43. The van der Waals surface area contributed by atoms with Crippen LogP contribution >= 0.6 is 0 Å². The fraction of sp³-hybridized carbons (Fsp3) is 0.615. The van der Waals surface area contributed by atoms with Crippen molar-refractivity contribution in [2.75, 3.05) is 38.8 Å². The van der Waals surface area contributed by atoms with Crippen LogP contribution in [0, 0.1) is 0 Å². The average Bonchev–Trinajstić information content (AvgIpc) is 3.14. The monoisotopic (exact) mass is 380 g/mol. The summed E-state index contributed by atoms with van der Waals surface area (Å²) in [6.07, 6.45) is 0.333. The number of carbonyl (C=O) groups is 1. The summed E-state index contributed by atoms with van der Waals surface area (Å²) in [5.41, 5.74) is 0. The maximum Gasteiger partial charge on any atom is 0.289 e. The molecular weight excluding hydrogens is 360 g/mol. The normalized spacial score (nSPS) is 20.2. The zero-order valence-electron chi connectivity index (χ0n) is 13.4. The van der Waals surface area contributed by atoms with Crippen LogP contribution in [0.1, 0.15) is 17.0 Å². The van der Waals surface area contributed by atoms with Crippen LogP contribution in [0.3, 0.4) is 0 Å². The summed E-state index contributed by atoms with van der Waals surface area (Å²) < 4.78 is 58.9. The molecular formula is C13H20N2O7S2. The second kappa shape index (κ2) is 7.21. The van der Waals surface area contributed by atoms with E-state index < -0.39 is 31.8 Å². The third-order valence-corrected chi connectivity index (χ3v) is 6.81. The number of furan rings is 1. The van der Waals surface area contributed by atoms with Crippen molar-refractivity contribution in [1.82, 2.24) is 9.62 Å². The van der Waals surface area contributed by atoms with Crippen LogP contribution < -0.4 is 4.72 Å². The second-order valence-electron chi connectivity index (χ2n) is 5.37. The third kappa shape index (κ3) is 4.15. The molecule has 1 aliphatic rings. The number of rotatable bonds is 7. The van der Waals surface area contributed by atoms with E-state index in [0.29, 0.717) is 6.42 Å². The van der Waals surface area contributed by atoms with Gasteiger partial charge in [0.25, 0.3) is 15.9 Å². The van der Waals surface area contributed by atoms with E-state index in [1.54, 1.807) is 0 Å². The van der Waals surface area contributed by atoms with Gasteiger partial charge in [0, 0.05) is 19.7 Å². The molecule has 2 rings (SSSR count). The molecule has 1 N–H and O–H groups in total. The fourth-order valence-electron chi connectivity index (χ4n) is 2.48. The topological polar surface area (TPSA) is 123 Å². The van der Waals surface area contributed by atoms with Crippen molar-refractivity contribution in [3.05, 3.63) is 17.9 Å². The summed E-state index contributed by atoms with van der Waals surface area (Å²) in [7, 11) is -4.27. The zero-order chi connectivity index (χ0) is 18.0. The highest BCUT2D eigenvalue weighted by Crippen LogP contribution is 2.22. The number of sulfone groups is 1. The molecule has 0 radical (unpaired) electrons. The van der Waals surface area contributed by atoms with E-state index in [2.05, 4.69) is 4.72 Å². The van der Waals surface area contributed by atoms with Gasteiger partial charge in [-0.1, -0.05) is 0 Å². The van der Waals surface area contributed by atoms with Gasteiger partial charge in [-0.15, -0.1) is 0 Å². The Morgan fingerprint density at radius 3 is 2.71 bits per heavy atom. The maximum atomic E-state index is 12.6. The average molecular weight is 380 g/mol. The molecule has 0 aromatic carbocycles. The standard InChI is InChI=1S/C13H20N2O7S2/c1-14-24(19,20)12-4-3-11(22-12)13(16)15(6-7-21-2)10-5-8-23(17,18)9-10/h3-4,10,14H,5-9H2,1-2H3. The number of amides is 1. The predicted octanol–water partition coefficient (Wildman–Crippen LogP) is -0.537. The minimum atomic E-state index is -3.80. The van der Waals surface area contributed by atoms with Crippen molar-refractivity contribution < 1.29 is 30.8 Å². The molecule has 9 nitrogen and oxygen atoms in total. The molecule has 2 heterocycles. The minimum absolute atomic E-state index is 0.0198. The fourth-order valence-corrected chi connectivity index (χ4v) is 4.86. The van der Waals surface area contributed by atoms with Crippen LogP contribution in [-0.4, -0.2) is 72.5 Å². The first-order valence-corrected chi connectivity index (χ1v) is 10.5. The van der Waals surface area contributed by atoms with Crippen molar-refractivity contribution in [1.29, 1.82) is 0 Å². The molecule has 0 aliphatic carbocycles. The summed E-state index contributed by atoms with van der Waals surface area (Å²) >= 11 is 0. The third-order valence-electron chi connectivity index (χ3n) is 3.77. The van der Waals surface area contributed by atoms with Crippen molar-refractivity contribution in [2.24, 2.45) is 0 Å². The van der Waals surface area contributed by atoms with Crippen LogP contribution in [0.4, 0.5) is 0 Å². The highest BCUT2D eigenvalue weighted by molar-refractivity contribution is 7.91. The van der Waals surface area contributed by atoms with Crippen LogP contribution in [0.25, 0.3) is 0 Å². The molecule has 0 spiro atoms. The van der Waals surface area contributed by atoms with E-state index in [1.165, 1.54) is 31.2 Å².